The van der Waals surface area contributed by atoms with Crippen LogP contribution in [-0.4, -0.2) is 26.1 Å². The molecule has 0 aliphatic rings. The van der Waals surface area contributed by atoms with Crippen LogP contribution in [0.4, 0.5) is 20.4 Å². The Bertz CT molecular complexity index is 698. The molecular weight excluding hydrogens is 292 g/mol. The molecule has 0 radical (unpaired) electrons. The van der Waals surface area contributed by atoms with Gasteiger partial charge in [0.1, 0.15) is 5.56 Å². The van der Waals surface area contributed by atoms with E-state index in [4.69, 9.17) is 5.73 Å². The van der Waals surface area contributed by atoms with Crippen molar-refractivity contribution in [2.45, 2.75) is 5.16 Å². The molecule has 7 nitrogen and oxygen atoms in total. The standard InChI is InChI=1S/C10H7F2N5O2S/c1-20-10-15-8(14-9(13)16-10)4-2-5(11)6(12)3-7(4)17(18)19/h2-3H,1H3,(H2,13,14,15,16). The second kappa shape index (κ2) is 5.33. The molecule has 1 heterocycles. The van der Waals surface area contributed by atoms with Gasteiger partial charge in [0, 0.05) is 0 Å². The Morgan fingerprint density at radius 3 is 2.50 bits per heavy atom. The van der Waals surface area contributed by atoms with Crippen molar-refractivity contribution < 1.29 is 13.7 Å². The zero-order valence-electron chi connectivity index (χ0n) is 10.0. The van der Waals surface area contributed by atoms with Crippen molar-refractivity contribution in [2.75, 3.05) is 12.0 Å². The van der Waals surface area contributed by atoms with Crippen molar-refractivity contribution in [3.63, 3.8) is 0 Å². The van der Waals surface area contributed by atoms with Crippen LogP contribution in [0.5, 0.6) is 0 Å². The van der Waals surface area contributed by atoms with Gasteiger partial charge >= 0.3 is 0 Å². The monoisotopic (exact) mass is 299 g/mol. The maximum absolute atomic E-state index is 13.3. The summed E-state index contributed by atoms with van der Waals surface area (Å²) in [5.41, 5.74) is 4.54. The molecule has 20 heavy (non-hydrogen) atoms. The fourth-order valence-corrected chi connectivity index (χ4v) is 1.81. The number of nitro benzene ring substituents is 1. The maximum atomic E-state index is 13.3. The highest BCUT2D eigenvalue weighted by Gasteiger charge is 2.22. The number of hydrogen-bond donors (Lipinski definition) is 1. The first-order chi connectivity index (χ1) is 9.42. The Morgan fingerprint density at radius 2 is 1.90 bits per heavy atom. The van der Waals surface area contributed by atoms with Gasteiger partial charge in [-0.15, -0.1) is 0 Å². The van der Waals surface area contributed by atoms with Gasteiger partial charge in [-0.05, 0) is 12.3 Å². The fourth-order valence-electron chi connectivity index (χ4n) is 1.45. The van der Waals surface area contributed by atoms with Crippen LogP contribution in [0.1, 0.15) is 0 Å². The van der Waals surface area contributed by atoms with Gasteiger partial charge in [-0.25, -0.2) is 13.8 Å². The van der Waals surface area contributed by atoms with E-state index in [1.165, 1.54) is 0 Å². The molecule has 1 aromatic heterocycles. The van der Waals surface area contributed by atoms with E-state index in [1.807, 2.05) is 0 Å². The number of rotatable bonds is 3. The predicted molar refractivity (Wildman–Crippen MR) is 68.0 cm³/mol. The second-order valence-electron chi connectivity index (χ2n) is 3.54. The van der Waals surface area contributed by atoms with Gasteiger partial charge in [-0.2, -0.15) is 9.97 Å². The Kier molecular flexibility index (Phi) is 3.74. The Balaban J connectivity index is 2.71. The molecular formula is C10H7F2N5O2S. The molecule has 0 atom stereocenters. The van der Waals surface area contributed by atoms with Gasteiger partial charge in [-0.1, -0.05) is 11.8 Å². The molecule has 104 valence electrons. The van der Waals surface area contributed by atoms with Gasteiger partial charge in [0.15, 0.2) is 22.6 Å². The molecule has 0 saturated heterocycles. The summed E-state index contributed by atoms with van der Waals surface area (Å²) in [6.07, 6.45) is 1.66. The lowest BCUT2D eigenvalue weighted by molar-refractivity contribution is -0.384. The van der Waals surface area contributed by atoms with E-state index in [0.717, 1.165) is 11.8 Å². The van der Waals surface area contributed by atoms with E-state index in [0.29, 0.717) is 12.1 Å². The highest BCUT2D eigenvalue weighted by Crippen LogP contribution is 2.30. The van der Waals surface area contributed by atoms with Crippen molar-refractivity contribution >= 4 is 23.4 Å². The topological polar surface area (TPSA) is 108 Å². The third-order valence-electron chi connectivity index (χ3n) is 2.29. The van der Waals surface area contributed by atoms with Crippen molar-refractivity contribution in [1.82, 2.24) is 15.0 Å². The molecule has 2 aromatic rings. The van der Waals surface area contributed by atoms with Gasteiger partial charge < -0.3 is 5.73 Å². The highest BCUT2D eigenvalue weighted by atomic mass is 32.2. The molecule has 0 spiro atoms. The summed E-state index contributed by atoms with van der Waals surface area (Å²) >= 11 is 1.13. The number of anilines is 1. The third kappa shape index (κ3) is 2.64. The lowest BCUT2D eigenvalue weighted by atomic mass is 10.1. The number of benzene rings is 1. The number of halogens is 2. The molecule has 0 aliphatic heterocycles. The minimum atomic E-state index is -1.33. The molecule has 0 aliphatic carbocycles. The smallest absolute Gasteiger partial charge is 0.283 e. The van der Waals surface area contributed by atoms with Crippen molar-refractivity contribution in [3.8, 4) is 11.4 Å². The number of nitrogen functional groups attached to an aromatic ring is 1. The van der Waals surface area contributed by atoms with Gasteiger partial charge in [0.25, 0.3) is 5.69 Å². The first-order valence-corrected chi connectivity index (χ1v) is 6.34. The number of hydrogen-bond acceptors (Lipinski definition) is 7. The number of nitrogens with two attached hydrogens (primary N) is 1. The normalized spacial score (nSPS) is 10.6. The maximum Gasteiger partial charge on any atom is 0.283 e. The number of thioether (sulfide) groups is 1. The van der Waals surface area contributed by atoms with E-state index >= 15 is 0 Å². The summed E-state index contributed by atoms with van der Waals surface area (Å²) in [5, 5.41) is 11.1. The first-order valence-electron chi connectivity index (χ1n) is 5.11. The van der Waals surface area contributed by atoms with Crippen LogP contribution < -0.4 is 5.73 Å². The van der Waals surface area contributed by atoms with Crippen molar-refractivity contribution in [1.29, 1.82) is 0 Å². The van der Waals surface area contributed by atoms with Crippen LogP contribution in [0.3, 0.4) is 0 Å². The molecule has 0 bridgehead atoms. The molecule has 2 rings (SSSR count). The average Bonchev–Trinajstić information content (AvgIpc) is 2.40. The van der Waals surface area contributed by atoms with Gasteiger partial charge in [-0.3, -0.25) is 10.1 Å². The number of nitro groups is 1. The molecule has 10 heteroatoms. The third-order valence-corrected chi connectivity index (χ3v) is 2.84. The summed E-state index contributed by atoms with van der Waals surface area (Å²) in [4.78, 5) is 21.4. The molecule has 2 N–H and O–H groups in total. The summed E-state index contributed by atoms with van der Waals surface area (Å²) in [5.74, 6) is -2.92. The Morgan fingerprint density at radius 1 is 1.25 bits per heavy atom. The SMILES string of the molecule is CSc1nc(N)nc(-c2cc(F)c(F)cc2[N+](=O)[O-])n1. The van der Waals surface area contributed by atoms with Crippen LogP contribution in [0.2, 0.25) is 0 Å². The lowest BCUT2D eigenvalue weighted by Crippen LogP contribution is -2.04. The predicted octanol–water partition coefficient (Wildman–Crippen LogP) is 2.03. The highest BCUT2D eigenvalue weighted by molar-refractivity contribution is 7.98. The van der Waals surface area contributed by atoms with Crippen molar-refractivity contribution in [3.05, 3.63) is 33.9 Å². The van der Waals surface area contributed by atoms with E-state index in [-0.39, 0.29) is 22.5 Å². The van der Waals surface area contributed by atoms with Crippen LogP contribution >= 0.6 is 11.8 Å². The molecule has 0 amide bonds. The first kappa shape index (κ1) is 14.1. The summed E-state index contributed by atoms with van der Waals surface area (Å²) in [6.45, 7) is 0. The second-order valence-corrected chi connectivity index (χ2v) is 4.32. The lowest BCUT2D eigenvalue weighted by Gasteiger charge is -2.05. The van der Waals surface area contributed by atoms with E-state index in [9.17, 15) is 18.9 Å². The van der Waals surface area contributed by atoms with Gasteiger partial charge in [0.05, 0.1) is 11.0 Å². The Labute approximate surface area is 115 Å². The summed E-state index contributed by atoms with van der Waals surface area (Å²) in [6, 6.07) is 1.13. The number of aromatic nitrogens is 3. The molecule has 0 saturated carbocycles. The van der Waals surface area contributed by atoms with Crippen LogP contribution in [0.15, 0.2) is 17.3 Å². The van der Waals surface area contributed by atoms with Crippen LogP contribution in [-0.2, 0) is 0 Å². The van der Waals surface area contributed by atoms with Gasteiger partial charge in [0.2, 0.25) is 5.95 Å². The number of nitrogens with zero attached hydrogens (tertiary/aromatic N) is 4. The molecule has 1 aromatic carbocycles. The minimum Gasteiger partial charge on any atom is -0.368 e. The molecule has 0 fully saturated rings. The largest absolute Gasteiger partial charge is 0.368 e. The molecule has 0 unspecified atom stereocenters. The zero-order chi connectivity index (χ0) is 14.9. The van der Waals surface area contributed by atoms with Crippen LogP contribution in [0.25, 0.3) is 11.4 Å². The average molecular weight is 299 g/mol. The van der Waals surface area contributed by atoms with E-state index in [2.05, 4.69) is 15.0 Å². The summed E-state index contributed by atoms with van der Waals surface area (Å²) in [7, 11) is 0. The quantitative estimate of drug-likeness (QED) is 0.524. The van der Waals surface area contributed by atoms with Crippen LogP contribution in [0, 0.1) is 21.7 Å². The van der Waals surface area contributed by atoms with E-state index in [1.54, 1.807) is 6.26 Å². The summed E-state index contributed by atoms with van der Waals surface area (Å²) < 4.78 is 26.4. The Hall–Kier alpha value is -2.36. The minimum absolute atomic E-state index is 0.168. The zero-order valence-corrected chi connectivity index (χ0v) is 10.8. The van der Waals surface area contributed by atoms with Crippen molar-refractivity contribution in [2.24, 2.45) is 0 Å². The fraction of sp³-hybridized carbons (Fsp3) is 0.100. The van der Waals surface area contributed by atoms with E-state index < -0.39 is 22.2 Å².